The second-order valence-electron chi connectivity index (χ2n) is 4.12. The lowest BCUT2D eigenvalue weighted by Crippen LogP contribution is -1.99. The van der Waals surface area contributed by atoms with E-state index in [-0.39, 0.29) is 11.4 Å². The van der Waals surface area contributed by atoms with Gasteiger partial charge in [0.2, 0.25) is 0 Å². The minimum Gasteiger partial charge on any atom is -0.508 e. The molecule has 0 aliphatic rings. The van der Waals surface area contributed by atoms with Crippen molar-refractivity contribution in [2.24, 2.45) is 7.05 Å². The Morgan fingerprint density at radius 1 is 1.42 bits per heavy atom. The number of carboxylic acid groups (broad SMARTS) is 1. The van der Waals surface area contributed by atoms with Crippen molar-refractivity contribution in [3.63, 3.8) is 0 Å². The van der Waals surface area contributed by atoms with E-state index in [1.54, 1.807) is 32.4 Å². The molecule has 19 heavy (non-hydrogen) atoms. The van der Waals surface area contributed by atoms with E-state index < -0.39 is 5.97 Å². The average molecular weight is 262 g/mol. The molecular formula is C13H14N2O4. The van der Waals surface area contributed by atoms with E-state index in [2.05, 4.69) is 5.10 Å². The minimum absolute atomic E-state index is 0.0297. The van der Waals surface area contributed by atoms with Crippen LogP contribution in [0.4, 0.5) is 0 Å². The highest BCUT2D eigenvalue weighted by atomic mass is 16.5. The monoisotopic (exact) mass is 262 g/mol. The highest BCUT2D eigenvalue weighted by Crippen LogP contribution is 2.27. The van der Waals surface area contributed by atoms with Gasteiger partial charge in [-0.3, -0.25) is 4.68 Å². The van der Waals surface area contributed by atoms with Gasteiger partial charge in [-0.2, -0.15) is 5.10 Å². The van der Waals surface area contributed by atoms with Crippen LogP contribution < -0.4 is 0 Å². The molecule has 0 aliphatic carbocycles. The Kier molecular flexibility index (Phi) is 3.52. The van der Waals surface area contributed by atoms with Crippen molar-refractivity contribution >= 4 is 5.97 Å². The van der Waals surface area contributed by atoms with Crippen molar-refractivity contribution in [1.29, 1.82) is 0 Å². The highest BCUT2D eigenvalue weighted by molar-refractivity contribution is 5.87. The van der Waals surface area contributed by atoms with Crippen LogP contribution in [0.5, 0.6) is 5.75 Å². The zero-order valence-electron chi connectivity index (χ0n) is 10.6. The minimum atomic E-state index is -1.08. The molecule has 0 atom stereocenters. The van der Waals surface area contributed by atoms with Gasteiger partial charge in [0.15, 0.2) is 5.69 Å². The topological polar surface area (TPSA) is 84.6 Å². The van der Waals surface area contributed by atoms with Gasteiger partial charge in [-0.1, -0.05) is 12.1 Å². The predicted molar refractivity (Wildman–Crippen MR) is 68.0 cm³/mol. The van der Waals surface area contributed by atoms with Crippen molar-refractivity contribution in [1.82, 2.24) is 9.78 Å². The number of aromatic hydroxyl groups is 1. The van der Waals surface area contributed by atoms with Crippen LogP contribution in [0.3, 0.4) is 0 Å². The molecule has 0 spiro atoms. The molecule has 0 saturated carbocycles. The number of phenolic OH excluding ortho intramolecular Hbond substituents is 1. The van der Waals surface area contributed by atoms with E-state index >= 15 is 0 Å². The summed E-state index contributed by atoms with van der Waals surface area (Å²) in [6, 6.07) is 6.56. The second kappa shape index (κ2) is 5.11. The van der Waals surface area contributed by atoms with Crippen LogP contribution in [-0.2, 0) is 18.4 Å². The number of carboxylic acids is 1. The molecule has 1 aromatic heterocycles. The van der Waals surface area contributed by atoms with E-state index in [0.29, 0.717) is 23.4 Å². The molecule has 100 valence electrons. The largest absolute Gasteiger partial charge is 0.508 e. The van der Waals surface area contributed by atoms with Crippen molar-refractivity contribution in [3.05, 3.63) is 35.5 Å². The van der Waals surface area contributed by atoms with Gasteiger partial charge in [0.1, 0.15) is 5.75 Å². The summed E-state index contributed by atoms with van der Waals surface area (Å²) in [5.74, 6) is -0.973. The molecule has 1 aromatic carbocycles. The maximum absolute atomic E-state index is 10.9. The maximum Gasteiger partial charge on any atom is 0.356 e. The molecule has 0 aliphatic heterocycles. The molecule has 0 bridgehead atoms. The van der Waals surface area contributed by atoms with Gasteiger partial charge in [-0.15, -0.1) is 0 Å². The number of methoxy groups -OCH3 is 1. The normalized spacial score (nSPS) is 10.6. The number of aromatic carboxylic acids is 1. The molecule has 2 aromatic rings. The van der Waals surface area contributed by atoms with Gasteiger partial charge in [-0.25, -0.2) is 4.79 Å². The Hall–Kier alpha value is -2.34. The Bertz CT molecular complexity index is 619. The number of hydrogen-bond donors (Lipinski definition) is 2. The summed E-state index contributed by atoms with van der Waals surface area (Å²) in [5.41, 5.74) is 1.96. The van der Waals surface area contributed by atoms with Gasteiger partial charge in [0.25, 0.3) is 0 Å². The predicted octanol–water partition coefficient (Wildman–Crippen LogP) is 1.64. The SMILES string of the molecule is COCc1ccc(-c2cc(C(=O)O)nn2C)cc1O. The summed E-state index contributed by atoms with van der Waals surface area (Å²) in [5, 5.41) is 22.6. The molecule has 0 radical (unpaired) electrons. The highest BCUT2D eigenvalue weighted by Gasteiger charge is 2.13. The first-order valence-corrected chi connectivity index (χ1v) is 5.61. The summed E-state index contributed by atoms with van der Waals surface area (Å²) < 4.78 is 6.42. The van der Waals surface area contributed by atoms with Crippen LogP contribution in [0.25, 0.3) is 11.3 Å². The fourth-order valence-corrected chi connectivity index (χ4v) is 1.84. The average Bonchev–Trinajstić information content (AvgIpc) is 2.74. The molecule has 6 heteroatoms. The zero-order valence-corrected chi connectivity index (χ0v) is 10.6. The molecular weight excluding hydrogens is 248 g/mol. The summed E-state index contributed by atoms with van der Waals surface area (Å²) in [6.07, 6.45) is 0. The Morgan fingerprint density at radius 3 is 2.68 bits per heavy atom. The number of benzene rings is 1. The van der Waals surface area contributed by atoms with Crippen molar-refractivity contribution in [2.75, 3.05) is 7.11 Å². The summed E-state index contributed by atoms with van der Waals surface area (Å²) in [7, 11) is 3.20. The maximum atomic E-state index is 10.9. The number of aromatic nitrogens is 2. The fourth-order valence-electron chi connectivity index (χ4n) is 1.84. The van der Waals surface area contributed by atoms with Crippen molar-refractivity contribution in [2.45, 2.75) is 6.61 Å². The van der Waals surface area contributed by atoms with Gasteiger partial charge >= 0.3 is 5.97 Å². The summed E-state index contributed by atoms with van der Waals surface area (Å²) in [6.45, 7) is 0.317. The quantitative estimate of drug-likeness (QED) is 0.875. The number of ether oxygens (including phenoxy) is 1. The van der Waals surface area contributed by atoms with Crippen molar-refractivity contribution in [3.8, 4) is 17.0 Å². The van der Waals surface area contributed by atoms with Gasteiger partial charge in [0, 0.05) is 25.3 Å². The number of hydrogen-bond acceptors (Lipinski definition) is 4. The first-order chi connectivity index (χ1) is 9.02. The number of phenols is 1. The van der Waals surface area contributed by atoms with Crippen LogP contribution in [0.1, 0.15) is 16.1 Å². The molecule has 0 amide bonds. The Balaban J connectivity index is 2.42. The number of carbonyl (C=O) groups is 1. The third-order valence-corrected chi connectivity index (χ3v) is 2.78. The molecule has 0 unspecified atom stereocenters. The van der Waals surface area contributed by atoms with Gasteiger partial charge < -0.3 is 14.9 Å². The lowest BCUT2D eigenvalue weighted by atomic mass is 10.1. The van der Waals surface area contributed by atoms with Crippen molar-refractivity contribution < 1.29 is 19.7 Å². The number of aryl methyl sites for hydroxylation is 1. The van der Waals surface area contributed by atoms with Crippen LogP contribution in [-0.4, -0.2) is 33.1 Å². The smallest absolute Gasteiger partial charge is 0.356 e. The Morgan fingerprint density at radius 2 is 2.16 bits per heavy atom. The van der Waals surface area contributed by atoms with Crippen LogP contribution in [0.15, 0.2) is 24.3 Å². The molecule has 6 nitrogen and oxygen atoms in total. The third kappa shape index (κ3) is 2.58. The van der Waals surface area contributed by atoms with E-state index in [4.69, 9.17) is 9.84 Å². The summed E-state index contributed by atoms with van der Waals surface area (Å²) in [4.78, 5) is 10.9. The molecule has 0 fully saturated rings. The first-order valence-electron chi connectivity index (χ1n) is 5.61. The molecule has 2 N–H and O–H groups in total. The van der Waals surface area contributed by atoms with Crippen LogP contribution >= 0.6 is 0 Å². The first kappa shape index (κ1) is 13.1. The van der Waals surface area contributed by atoms with E-state index in [1.807, 2.05) is 0 Å². The zero-order chi connectivity index (χ0) is 14.0. The lowest BCUT2D eigenvalue weighted by Gasteiger charge is -2.06. The second-order valence-corrected chi connectivity index (χ2v) is 4.12. The molecule has 0 saturated heterocycles. The fraction of sp³-hybridized carbons (Fsp3) is 0.231. The summed E-state index contributed by atoms with van der Waals surface area (Å²) >= 11 is 0. The number of nitrogens with zero attached hydrogens (tertiary/aromatic N) is 2. The lowest BCUT2D eigenvalue weighted by molar-refractivity contribution is 0.0689. The van der Waals surface area contributed by atoms with Gasteiger partial charge in [0.05, 0.1) is 12.3 Å². The standard InChI is InChI=1S/C13H14N2O4/c1-15-11(6-10(14-15)13(17)18)8-3-4-9(7-19-2)12(16)5-8/h3-6,16H,7H2,1-2H3,(H,17,18). The van der Waals surface area contributed by atoms with E-state index in [1.165, 1.54) is 10.7 Å². The number of rotatable bonds is 4. The van der Waals surface area contributed by atoms with Gasteiger partial charge in [-0.05, 0) is 12.1 Å². The Labute approximate surface area is 109 Å². The van der Waals surface area contributed by atoms with Crippen LogP contribution in [0, 0.1) is 0 Å². The van der Waals surface area contributed by atoms with E-state index in [0.717, 1.165) is 0 Å². The van der Waals surface area contributed by atoms with Crippen LogP contribution in [0.2, 0.25) is 0 Å². The molecule has 2 rings (SSSR count). The molecule has 1 heterocycles. The third-order valence-electron chi connectivity index (χ3n) is 2.78. The van der Waals surface area contributed by atoms with E-state index in [9.17, 15) is 9.90 Å².